The van der Waals surface area contributed by atoms with Crippen LogP contribution in [0.5, 0.6) is 0 Å². The molecular weight excluding hydrogens is 462 g/mol. The molecule has 3 aromatic rings. The van der Waals surface area contributed by atoms with E-state index in [9.17, 15) is 0 Å². The molecule has 2 aliphatic heterocycles. The Bertz CT molecular complexity index is 1520. The number of hydrogen-bond donors (Lipinski definition) is 1. The van der Waals surface area contributed by atoms with E-state index in [4.69, 9.17) is 0 Å². The minimum Gasteiger partial charge on any atom is -0.364 e. The highest BCUT2D eigenvalue weighted by Crippen LogP contribution is 2.39. The molecule has 3 unspecified atom stereocenters. The third-order valence-corrected chi connectivity index (χ3v) is 8.07. The van der Waals surface area contributed by atoms with Gasteiger partial charge in [-0.2, -0.15) is 0 Å². The molecule has 186 valence electrons. The van der Waals surface area contributed by atoms with Crippen LogP contribution in [0.1, 0.15) is 17.5 Å². The zero-order valence-corrected chi connectivity index (χ0v) is 21.4. The minimum atomic E-state index is 0.370. The van der Waals surface area contributed by atoms with E-state index in [-0.39, 0.29) is 0 Å². The third-order valence-electron chi connectivity index (χ3n) is 8.07. The Labute approximate surface area is 224 Å². The molecule has 1 N–H and O–H groups in total. The standard InChI is InChI=1S/C35H31N3/c1-2-9-27(10-3-1)35-36-21-20-33(37-35)30-13-7-11-28(23-30)26-16-18-31(19-17-26)38-24-25-8-6-12-29(22-25)32-14-4-5-15-34(32)38/h1-20,23,25,32,34H,21-22,24H2,(H,36,37). The van der Waals surface area contributed by atoms with Gasteiger partial charge in [0.1, 0.15) is 5.84 Å². The Morgan fingerprint density at radius 1 is 0.737 bits per heavy atom. The van der Waals surface area contributed by atoms with Crippen molar-refractivity contribution in [1.29, 1.82) is 0 Å². The van der Waals surface area contributed by atoms with Crippen molar-refractivity contribution in [2.24, 2.45) is 16.8 Å². The van der Waals surface area contributed by atoms with Crippen molar-refractivity contribution in [3.63, 3.8) is 0 Å². The van der Waals surface area contributed by atoms with Crippen molar-refractivity contribution in [1.82, 2.24) is 5.32 Å². The minimum absolute atomic E-state index is 0.370. The molecule has 0 aromatic heterocycles. The van der Waals surface area contributed by atoms with Gasteiger partial charge in [-0.1, -0.05) is 109 Å². The molecule has 0 radical (unpaired) electrons. The zero-order valence-electron chi connectivity index (χ0n) is 21.4. The van der Waals surface area contributed by atoms with Gasteiger partial charge in [-0.05, 0) is 53.3 Å². The first-order valence-corrected chi connectivity index (χ1v) is 13.6. The number of anilines is 1. The van der Waals surface area contributed by atoms with Gasteiger partial charge in [0, 0.05) is 29.4 Å². The zero-order chi connectivity index (χ0) is 25.3. The van der Waals surface area contributed by atoms with Gasteiger partial charge in [-0.3, -0.25) is 4.99 Å². The van der Waals surface area contributed by atoms with Crippen LogP contribution in [-0.2, 0) is 0 Å². The van der Waals surface area contributed by atoms with Crippen LogP contribution in [-0.4, -0.2) is 25.0 Å². The largest absolute Gasteiger partial charge is 0.364 e. The fourth-order valence-electron chi connectivity index (χ4n) is 6.14. The van der Waals surface area contributed by atoms with Crippen molar-refractivity contribution in [2.45, 2.75) is 12.5 Å². The highest BCUT2D eigenvalue weighted by Gasteiger charge is 2.34. The molecule has 7 rings (SSSR count). The van der Waals surface area contributed by atoms with E-state index in [1.54, 1.807) is 5.57 Å². The van der Waals surface area contributed by atoms with Gasteiger partial charge >= 0.3 is 0 Å². The molecule has 0 spiro atoms. The lowest BCUT2D eigenvalue weighted by Crippen LogP contribution is -2.40. The summed E-state index contributed by atoms with van der Waals surface area (Å²) in [5.41, 5.74) is 8.70. The summed E-state index contributed by atoms with van der Waals surface area (Å²) in [6, 6.07) is 28.6. The number of aliphatic imine (C=N–C) groups is 1. The summed E-state index contributed by atoms with van der Waals surface area (Å²) >= 11 is 0. The maximum atomic E-state index is 4.67. The fraction of sp³-hybridized carbons (Fsp3) is 0.171. The van der Waals surface area contributed by atoms with E-state index in [2.05, 4.69) is 137 Å². The van der Waals surface area contributed by atoms with Crippen molar-refractivity contribution in [3.05, 3.63) is 144 Å². The summed E-state index contributed by atoms with van der Waals surface area (Å²) in [6.45, 7) is 1.73. The molecule has 2 heterocycles. The van der Waals surface area contributed by atoms with Crippen molar-refractivity contribution in [3.8, 4) is 11.1 Å². The van der Waals surface area contributed by atoms with Crippen LogP contribution < -0.4 is 10.2 Å². The Balaban J connectivity index is 1.13. The predicted octanol–water partition coefficient (Wildman–Crippen LogP) is 7.18. The maximum absolute atomic E-state index is 4.67. The average Bonchev–Trinajstić information content (AvgIpc) is 3.11. The molecule has 3 atom stereocenters. The normalized spacial score (nSPS) is 23.5. The van der Waals surface area contributed by atoms with Crippen LogP contribution >= 0.6 is 0 Å². The fourth-order valence-corrected chi connectivity index (χ4v) is 6.14. The number of benzene rings is 3. The van der Waals surface area contributed by atoms with Gasteiger partial charge in [-0.15, -0.1) is 0 Å². The van der Waals surface area contributed by atoms with Gasteiger partial charge in [-0.25, -0.2) is 0 Å². The summed E-state index contributed by atoms with van der Waals surface area (Å²) in [5.74, 6) is 1.95. The van der Waals surface area contributed by atoms with E-state index in [0.717, 1.165) is 30.1 Å². The Hall–Kier alpha value is -4.37. The van der Waals surface area contributed by atoms with Crippen molar-refractivity contribution >= 4 is 17.2 Å². The van der Waals surface area contributed by atoms with E-state index >= 15 is 0 Å². The van der Waals surface area contributed by atoms with Gasteiger partial charge in [0.15, 0.2) is 0 Å². The Morgan fingerprint density at radius 3 is 2.45 bits per heavy atom. The number of rotatable bonds is 4. The Kier molecular flexibility index (Phi) is 5.90. The highest BCUT2D eigenvalue weighted by molar-refractivity contribution is 6.04. The topological polar surface area (TPSA) is 27.6 Å². The predicted molar refractivity (Wildman–Crippen MR) is 159 cm³/mol. The average molecular weight is 494 g/mol. The number of fused-ring (bicyclic) bond motifs is 4. The highest BCUT2D eigenvalue weighted by atomic mass is 15.2. The van der Waals surface area contributed by atoms with Crippen molar-refractivity contribution < 1.29 is 0 Å². The third kappa shape index (κ3) is 4.35. The lowest BCUT2D eigenvalue weighted by molar-refractivity contribution is 0.600. The van der Waals surface area contributed by atoms with E-state index in [0.29, 0.717) is 24.4 Å². The van der Waals surface area contributed by atoms with E-state index < -0.39 is 0 Å². The lowest BCUT2D eigenvalue weighted by Gasteiger charge is -2.36. The van der Waals surface area contributed by atoms with Crippen LogP contribution in [0.15, 0.2) is 138 Å². The smallest absolute Gasteiger partial charge is 0.133 e. The quantitative estimate of drug-likeness (QED) is 0.417. The molecule has 1 fully saturated rings. The van der Waals surface area contributed by atoms with E-state index in [1.165, 1.54) is 22.4 Å². The van der Waals surface area contributed by atoms with Crippen molar-refractivity contribution in [2.75, 3.05) is 18.0 Å². The summed E-state index contributed by atoms with van der Waals surface area (Å²) in [7, 11) is 0. The second-order valence-corrected chi connectivity index (χ2v) is 10.5. The molecule has 3 heteroatoms. The molecule has 1 saturated heterocycles. The van der Waals surface area contributed by atoms with Crippen LogP contribution in [0.4, 0.5) is 5.69 Å². The lowest BCUT2D eigenvalue weighted by atomic mass is 9.83. The van der Waals surface area contributed by atoms with Crippen LogP contribution in [0.3, 0.4) is 0 Å². The number of hydrogen-bond acceptors (Lipinski definition) is 3. The van der Waals surface area contributed by atoms with Crippen LogP contribution in [0.25, 0.3) is 16.8 Å². The molecule has 3 nitrogen and oxygen atoms in total. The maximum Gasteiger partial charge on any atom is 0.133 e. The SMILES string of the molecule is C1=CC2CC(=C1)C1C=CC=CC1N(c1ccc(-c3cccc(C4=CCN=C(c5ccccc5)N4)c3)cc1)C2. The first kappa shape index (κ1) is 22.8. The molecule has 3 aromatic carbocycles. The summed E-state index contributed by atoms with van der Waals surface area (Å²) in [6.07, 6.45) is 19.5. The van der Waals surface area contributed by atoms with Crippen LogP contribution in [0, 0.1) is 11.8 Å². The number of nitrogens with one attached hydrogen (secondary N) is 1. The molecule has 4 aliphatic rings. The number of nitrogens with zero attached hydrogens (tertiary/aromatic N) is 2. The van der Waals surface area contributed by atoms with Gasteiger partial charge in [0.05, 0.1) is 12.6 Å². The van der Waals surface area contributed by atoms with Gasteiger partial charge < -0.3 is 10.2 Å². The molecule has 0 saturated carbocycles. The first-order valence-electron chi connectivity index (χ1n) is 13.6. The van der Waals surface area contributed by atoms with Crippen LogP contribution in [0.2, 0.25) is 0 Å². The van der Waals surface area contributed by atoms with E-state index in [1.807, 2.05) is 6.07 Å². The summed E-state index contributed by atoms with van der Waals surface area (Å²) in [4.78, 5) is 7.28. The number of allylic oxidation sites excluding steroid dienone is 4. The Morgan fingerprint density at radius 2 is 1.55 bits per heavy atom. The second kappa shape index (κ2) is 9.83. The summed E-state index contributed by atoms with van der Waals surface area (Å²) < 4.78 is 0. The number of amidine groups is 1. The molecule has 2 bridgehead atoms. The monoisotopic (exact) mass is 493 g/mol. The molecule has 38 heavy (non-hydrogen) atoms. The first-order chi connectivity index (χ1) is 18.8. The van der Waals surface area contributed by atoms with Gasteiger partial charge in [0.25, 0.3) is 0 Å². The van der Waals surface area contributed by atoms with Gasteiger partial charge in [0.2, 0.25) is 0 Å². The second-order valence-electron chi connectivity index (χ2n) is 10.5. The summed E-state index contributed by atoms with van der Waals surface area (Å²) in [5, 5.41) is 3.55. The molecular formula is C35H31N3. The molecule has 2 aliphatic carbocycles. The molecule has 0 amide bonds.